The molecule has 0 spiro atoms. The first kappa shape index (κ1) is 14.8. The Labute approximate surface area is 130 Å². The quantitative estimate of drug-likeness (QED) is 0.774. The third-order valence-corrected chi connectivity index (χ3v) is 3.41. The summed E-state index contributed by atoms with van der Waals surface area (Å²) in [5.41, 5.74) is 0.957. The third-order valence-electron chi connectivity index (χ3n) is 3.41. The average molecular weight is 315 g/mol. The molecule has 1 amide bonds. The number of fused-ring (bicyclic) bond motifs is 1. The van der Waals surface area contributed by atoms with Crippen molar-refractivity contribution in [1.29, 1.82) is 0 Å². The second-order valence-corrected chi connectivity index (χ2v) is 4.95. The van der Waals surface area contributed by atoms with Gasteiger partial charge in [-0.3, -0.25) is 9.36 Å². The molecule has 0 atom stereocenters. The molecule has 6 nitrogen and oxygen atoms in total. The number of nitrogens with one attached hydrogen (secondary N) is 2. The summed E-state index contributed by atoms with van der Waals surface area (Å²) in [7, 11) is 1.56. The van der Waals surface area contributed by atoms with E-state index in [1.807, 2.05) is 0 Å². The van der Waals surface area contributed by atoms with Gasteiger partial charge in [0, 0.05) is 5.69 Å². The van der Waals surface area contributed by atoms with Gasteiger partial charge in [0.15, 0.2) is 0 Å². The minimum absolute atomic E-state index is 0.170. The normalized spacial score (nSPS) is 10.7. The highest BCUT2D eigenvalue weighted by Gasteiger charge is 2.11. The van der Waals surface area contributed by atoms with Crippen LogP contribution in [0.15, 0.2) is 47.3 Å². The number of ether oxygens (including phenoxy) is 1. The fourth-order valence-corrected chi connectivity index (χ4v) is 2.31. The van der Waals surface area contributed by atoms with Crippen molar-refractivity contribution < 1.29 is 13.9 Å². The van der Waals surface area contributed by atoms with Crippen LogP contribution >= 0.6 is 0 Å². The molecular weight excluding hydrogens is 301 g/mol. The molecule has 0 radical (unpaired) electrons. The van der Waals surface area contributed by atoms with Gasteiger partial charge in [0.25, 0.3) is 0 Å². The topological polar surface area (TPSA) is 76.1 Å². The van der Waals surface area contributed by atoms with Crippen molar-refractivity contribution in [2.75, 3.05) is 12.4 Å². The SMILES string of the molecule is COc1ccc(NC(=O)Cn2c(=O)[nH]c3cc(F)ccc32)cc1. The van der Waals surface area contributed by atoms with E-state index >= 15 is 0 Å². The largest absolute Gasteiger partial charge is 0.497 e. The van der Waals surface area contributed by atoms with Crippen LogP contribution in [0.3, 0.4) is 0 Å². The molecule has 0 unspecified atom stereocenters. The van der Waals surface area contributed by atoms with E-state index in [4.69, 9.17) is 4.74 Å². The molecule has 0 saturated carbocycles. The van der Waals surface area contributed by atoms with Crippen LogP contribution in [0.1, 0.15) is 0 Å². The highest BCUT2D eigenvalue weighted by molar-refractivity contribution is 5.91. The Hall–Kier alpha value is -3.09. The Kier molecular flexibility index (Phi) is 3.84. The maximum absolute atomic E-state index is 13.2. The minimum Gasteiger partial charge on any atom is -0.497 e. The zero-order chi connectivity index (χ0) is 16.4. The van der Waals surface area contributed by atoms with Gasteiger partial charge in [-0.05, 0) is 42.5 Å². The Morgan fingerprint density at radius 2 is 2.00 bits per heavy atom. The van der Waals surface area contributed by atoms with Gasteiger partial charge in [-0.1, -0.05) is 0 Å². The molecular formula is C16H14FN3O3. The number of aromatic amines is 1. The number of hydrogen-bond acceptors (Lipinski definition) is 3. The molecule has 2 N–H and O–H groups in total. The summed E-state index contributed by atoms with van der Waals surface area (Å²) in [5, 5.41) is 2.69. The summed E-state index contributed by atoms with van der Waals surface area (Å²) < 4.78 is 19.5. The van der Waals surface area contributed by atoms with Crippen LogP contribution in [0.5, 0.6) is 5.75 Å². The lowest BCUT2D eigenvalue weighted by atomic mass is 10.3. The lowest BCUT2D eigenvalue weighted by molar-refractivity contribution is -0.116. The van der Waals surface area contributed by atoms with E-state index in [2.05, 4.69) is 10.3 Å². The smallest absolute Gasteiger partial charge is 0.326 e. The fourth-order valence-electron chi connectivity index (χ4n) is 2.31. The maximum atomic E-state index is 13.2. The molecule has 0 fully saturated rings. The summed E-state index contributed by atoms with van der Waals surface area (Å²) >= 11 is 0. The van der Waals surface area contributed by atoms with E-state index in [-0.39, 0.29) is 12.5 Å². The fraction of sp³-hybridized carbons (Fsp3) is 0.125. The van der Waals surface area contributed by atoms with Crippen LogP contribution in [0, 0.1) is 5.82 Å². The summed E-state index contributed by atoms with van der Waals surface area (Å²) in [5.74, 6) is -0.131. The van der Waals surface area contributed by atoms with Crippen molar-refractivity contribution in [2.24, 2.45) is 0 Å². The standard InChI is InChI=1S/C16H14FN3O3/c1-23-12-5-3-11(4-6-12)18-15(21)9-20-14-7-2-10(17)8-13(14)19-16(20)22/h2-8H,9H2,1H3,(H,18,21)(H,19,22). The number of rotatable bonds is 4. The Morgan fingerprint density at radius 3 is 2.70 bits per heavy atom. The number of nitrogens with zero attached hydrogens (tertiary/aromatic N) is 1. The summed E-state index contributed by atoms with van der Waals surface area (Å²) in [6.07, 6.45) is 0. The number of aromatic nitrogens is 2. The van der Waals surface area contributed by atoms with Gasteiger partial charge in [-0.15, -0.1) is 0 Å². The molecule has 0 saturated heterocycles. The lowest BCUT2D eigenvalue weighted by Crippen LogP contribution is -2.25. The van der Waals surface area contributed by atoms with Gasteiger partial charge in [0.05, 0.1) is 18.1 Å². The number of halogens is 1. The van der Waals surface area contributed by atoms with Gasteiger partial charge in [0.1, 0.15) is 18.1 Å². The van der Waals surface area contributed by atoms with E-state index in [0.29, 0.717) is 22.5 Å². The first-order valence-corrected chi connectivity index (χ1v) is 6.89. The second-order valence-electron chi connectivity index (χ2n) is 4.95. The average Bonchev–Trinajstić information content (AvgIpc) is 2.83. The van der Waals surface area contributed by atoms with Crippen molar-refractivity contribution in [1.82, 2.24) is 9.55 Å². The van der Waals surface area contributed by atoms with Crippen molar-refractivity contribution in [3.05, 3.63) is 58.8 Å². The lowest BCUT2D eigenvalue weighted by Gasteiger charge is -2.07. The van der Waals surface area contributed by atoms with Gasteiger partial charge < -0.3 is 15.0 Å². The maximum Gasteiger partial charge on any atom is 0.326 e. The second kappa shape index (κ2) is 5.96. The molecule has 3 aromatic rings. The van der Waals surface area contributed by atoms with E-state index in [0.717, 1.165) is 0 Å². The number of methoxy groups -OCH3 is 1. The molecule has 1 aromatic heterocycles. The summed E-state index contributed by atoms with van der Waals surface area (Å²) in [6.45, 7) is -0.170. The van der Waals surface area contributed by atoms with E-state index < -0.39 is 11.5 Å². The number of H-pyrrole nitrogens is 1. The van der Waals surface area contributed by atoms with E-state index in [9.17, 15) is 14.0 Å². The summed E-state index contributed by atoms with van der Waals surface area (Å²) in [4.78, 5) is 26.5. The predicted molar refractivity (Wildman–Crippen MR) is 84.1 cm³/mol. The van der Waals surface area contributed by atoms with Crippen LogP contribution in [0.2, 0.25) is 0 Å². The summed E-state index contributed by atoms with van der Waals surface area (Å²) in [6, 6.07) is 10.8. The highest BCUT2D eigenvalue weighted by atomic mass is 19.1. The van der Waals surface area contributed by atoms with Crippen LogP contribution < -0.4 is 15.7 Å². The van der Waals surface area contributed by atoms with Crippen molar-refractivity contribution in [3.63, 3.8) is 0 Å². The van der Waals surface area contributed by atoms with E-state index in [1.54, 1.807) is 31.4 Å². The third kappa shape index (κ3) is 3.08. The van der Waals surface area contributed by atoms with Gasteiger partial charge in [-0.25, -0.2) is 9.18 Å². The zero-order valence-corrected chi connectivity index (χ0v) is 12.3. The van der Waals surface area contributed by atoms with Crippen molar-refractivity contribution in [3.8, 4) is 5.75 Å². The Bertz CT molecular complexity index is 912. The number of imidazole rings is 1. The van der Waals surface area contributed by atoms with Crippen LogP contribution in [0.25, 0.3) is 11.0 Å². The Morgan fingerprint density at radius 1 is 1.26 bits per heavy atom. The molecule has 23 heavy (non-hydrogen) atoms. The van der Waals surface area contributed by atoms with Crippen molar-refractivity contribution in [2.45, 2.75) is 6.54 Å². The van der Waals surface area contributed by atoms with Gasteiger partial charge in [0.2, 0.25) is 5.91 Å². The molecule has 7 heteroatoms. The van der Waals surface area contributed by atoms with Crippen LogP contribution in [-0.2, 0) is 11.3 Å². The Balaban J connectivity index is 1.79. The minimum atomic E-state index is -0.463. The molecule has 0 aliphatic heterocycles. The molecule has 118 valence electrons. The molecule has 2 aromatic carbocycles. The number of hydrogen-bond donors (Lipinski definition) is 2. The first-order chi connectivity index (χ1) is 11.1. The number of anilines is 1. The highest BCUT2D eigenvalue weighted by Crippen LogP contribution is 2.15. The van der Waals surface area contributed by atoms with Gasteiger partial charge in [-0.2, -0.15) is 0 Å². The molecule has 0 bridgehead atoms. The number of benzene rings is 2. The first-order valence-electron chi connectivity index (χ1n) is 6.89. The van der Waals surface area contributed by atoms with Crippen molar-refractivity contribution >= 4 is 22.6 Å². The van der Waals surface area contributed by atoms with Gasteiger partial charge >= 0.3 is 5.69 Å². The predicted octanol–water partition coefficient (Wildman–Crippen LogP) is 2.12. The van der Waals surface area contributed by atoms with E-state index in [1.165, 1.54) is 22.8 Å². The molecule has 0 aliphatic rings. The van der Waals surface area contributed by atoms with Crippen LogP contribution in [-0.4, -0.2) is 22.6 Å². The number of amides is 1. The number of carbonyl (C=O) groups excluding carboxylic acids is 1. The monoisotopic (exact) mass is 315 g/mol. The zero-order valence-electron chi connectivity index (χ0n) is 12.3. The molecule has 3 rings (SSSR count). The number of carbonyl (C=O) groups is 1. The molecule has 1 heterocycles. The molecule has 0 aliphatic carbocycles. The van der Waals surface area contributed by atoms with Crippen LogP contribution in [0.4, 0.5) is 10.1 Å².